The van der Waals surface area contributed by atoms with Crippen LogP contribution < -0.4 is 0 Å². The van der Waals surface area contributed by atoms with E-state index >= 15 is 0 Å². The molecule has 0 radical (unpaired) electrons. The van der Waals surface area contributed by atoms with E-state index in [9.17, 15) is 31.1 Å². The minimum atomic E-state index is -4.61. The number of fused-ring (bicyclic) bond motifs is 1. The van der Waals surface area contributed by atoms with Crippen molar-refractivity contribution in [3.8, 4) is 5.75 Å². The molecule has 130 valence electrons. The van der Waals surface area contributed by atoms with Crippen molar-refractivity contribution in [1.82, 2.24) is 4.98 Å². The molecule has 1 heterocycles. The number of halogens is 4. The molecule has 9 heteroatoms. The van der Waals surface area contributed by atoms with Crippen LogP contribution in [0.4, 0.5) is 17.6 Å². The molecule has 0 fully saturated rings. The van der Waals surface area contributed by atoms with Gasteiger partial charge >= 0.3 is 6.18 Å². The summed E-state index contributed by atoms with van der Waals surface area (Å²) in [6.07, 6.45) is -3.36. The van der Waals surface area contributed by atoms with E-state index in [1.165, 1.54) is 18.3 Å². The van der Waals surface area contributed by atoms with Crippen molar-refractivity contribution in [1.29, 1.82) is 0 Å². The number of alkyl halides is 3. The zero-order valence-electron chi connectivity index (χ0n) is 12.2. The van der Waals surface area contributed by atoms with Crippen molar-refractivity contribution in [2.45, 2.75) is 16.0 Å². The predicted octanol–water partition coefficient (Wildman–Crippen LogP) is 3.93. The highest BCUT2D eigenvalue weighted by atomic mass is 32.2. The van der Waals surface area contributed by atoms with Gasteiger partial charge < -0.3 is 5.11 Å². The highest BCUT2D eigenvalue weighted by Crippen LogP contribution is 2.35. The number of phenols is 1. The van der Waals surface area contributed by atoms with E-state index < -0.39 is 42.9 Å². The summed E-state index contributed by atoms with van der Waals surface area (Å²) in [5.41, 5.74) is -1.26. The molecule has 0 atom stereocenters. The molecule has 0 bridgehead atoms. The minimum absolute atomic E-state index is 0.0405. The van der Waals surface area contributed by atoms with Crippen LogP contribution in [0.3, 0.4) is 0 Å². The number of hydrogen-bond donors (Lipinski definition) is 1. The van der Waals surface area contributed by atoms with Crippen LogP contribution in [0.2, 0.25) is 0 Å². The number of hydrogen-bond acceptors (Lipinski definition) is 4. The zero-order valence-corrected chi connectivity index (χ0v) is 13.1. The van der Waals surface area contributed by atoms with Crippen LogP contribution in [0.15, 0.2) is 58.5 Å². The van der Waals surface area contributed by atoms with E-state index in [-0.39, 0.29) is 10.9 Å². The van der Waals surface area contributed by atoms with E-state index in [2.05, 4.69) is 4.98 Å². The third kappa shape index (κ3) is 2.91. The van der Waals surface area contributed by atoms with E-state index in [4.69, 9.17) is 0 Å². The fraction of sp³-hybridized carbons (Fsp3) is 0.0625. The molecule has 0 saturated carbocycles. The summed E-state index contributed by atoms with van der Waals surface area (Å²) < 4.78 is 77.1. The largest absolute Gasteiger partial charge is 0.503 e. The van der Waals surface area contributed by atoms with Crippen molar-refractivity contribution >= 4 is 20.7 Å². The normalized spacial score (nSPS) is 12.5. The van der Waals surface area contributed by atoms with Gasteiger partial charge in [-0.1, -0.05) is 0 Å². The summed E-state index contributed by atoms with van der Waals surface area (Å²) >= 11 is 0. The molecule has 1 N–H and O–H groups in total. The number of phenolic OH excluding ortho intramolecular Hbond substituents is 1. The number of nitrogens with zero attached hydrogens (tertiary/aromatic N) is 1. The molecular weight excluding hydrogens is 362 g/mol. The summed E-state index contributed by atoms with van der Waals surface area (Å²) in [5.74, 6) is -2.00. The first-order chi connectivity index (χ1) is 11.6. The Morgan fingerprint density at radius 1 is 1.04 bits per heavy atom. The standard InChI is InChI=1S/C16H9F4NO3S/c17-12-8-13(11-2-1-7-21-14(11)15(12)22)25(23,24)10-5-3-9(4-6-10)16(18,19)20/h1-8,22H. The SMILES string of the molecule is O=S(=O)(c1ccc(C(F)(F)F)cc1)c1cc(F)c(O)c2ncccc12. The third-order valence-corrected chi connectivity index (χ3v) is 5.37. The van der Waals surface area contributed by atoms with Gasteiger partial charge in [0, 0.05) is 11.6 Å². The Labute approximate surface area is 139 Å². The lowest BCUT2D eigenvalue weighted by Crippen LogP contribution is -2.07. The summed E-state index contributed by atoms with van der Waals surface area (Å²) in [7, 11) is -4.33. The Balaban J connectivity index is 2.22. The first-order valence-corrected chi connectivity index (χ1v) is 8.29. The molecule has 1 aromatic heterocycles. The van der Waals surface area contributed by atoms with Gasteiger partial charge in [-0.05, 0) is 42.5 Å². The predicted molar refractivity (Wildman–Crippen MR) is 80.3 cm³/mol. The van der Waals surface area contributed by atoms with Crippen LogP contribution >= 0.6 is 0 Å². The van der Waals surface area contributed by atoms with Crippen LogP contribution in [-0.2, 0) is 16.0 Å². The summed E-state index contributed by atoms with van der Waals surface area (Å²) in [6.45, 7) is 0. The topological polar surface area (TPSA) is 67.3 Å². The van der Waals surface area contributed by atoms with Crippen molar-refractivity contribution in [2.75, 3.05) is 0 Å². The maximum atomic E-state index is 13.9. The molecule has 3 aromatic rings. The van der Waals surface area contributed by atoms with E-state index in [0.29, 0.717) is 18.2 Å². The maximum Gasteiger partial charge on any atom is 0.416 e. The average Bonchev–Trinajstić information content (AvgIpc) is 2.57. The molecule has 0 amide bonds. The Bertz CT molecular complexity index is 1060. The van der Waals surface area contributed by atoms with Crippen molar-refractivity contribution in [2.24, 2.45) is 0 Å². The molecule has 3 rings (SSSR count). The second-order valence-corrected chi connectivity index (χ2v) is 7.05. The molecule has 0 unspecified atom stereocenters. The number of aromatic hydroxyl groups is 1. The highest BCUT2D eigenvalue weighted by Gasteiger charge is 2.31. The lowest BCUT2D eigenvalue weighted by molar-refractivity contribution is -0.137. The lowest BCUT2D eigenvalue weighted by atomic mass is 10.2. The van der Waals surface area contributed by atoms with Gasteiger partial charge in [-0.25, -0.2) is 12.8 Å². The Kier molecular flexibility index (Phi) is 3.91. The van der Waals surface area contributed by atoms with Crippen LogP contribution in [0.5, 0.6) is 5.75 Å². The van der Waals surface area contributed by atoms with Gasteiger partial charge in [0.1, 0.15) is 5.52 Å². The van der Waals surface area contributed by atoms with Crippen molar-refractivity contribution in [3.05, 3.63) is 60.0 Å². The fourth-order valence-electron chi connectivity index (χ4n) is 2.34. The molecular formula is C16H9F4NO3S. The van der Waals surface area contributed by atoms with E-state index in [0.717, 1.165) is 12.1 Å². The average molecular weight is 371 g/mol. The molecule has 0 aliphatic carbocycles. The van der Waals surface area contributed by atoms with Crippen LogP contribution in [0.1, 0.15) is 5.56 Å². The number of aromatic nitrogens is 1. The quantitative estimate of drug-likeness (QED) is 0.693. The monoisotopic (exact) mass is 371 g/mol. The maximum absolute atomic E-state index is 13.9. The molecule has 25 heavy (non-hydrogen) atoms. The van der Waals surface area contributed by atoms with Gasteiger partial charge in [-0.3, -0.25) is 4.98 Å². The van der Waals surface area contributed by atoms with E-state index in [1.807, 2.05) is 0 Å². The number of benzene rings is 2. The number of pyridine rings is 1. The molecule has 0 saturated heterocycles. The van der Waals surface area contributed by atoms with Gasteiger partial charge in [0.2, 0.25) is 9.84 Å². The van der Waals surface area contributed by atoms with Gasteiger partial charge in [-0.15, -0.1) is 0 Å². The van der Waals surface area contributed by atoms with Gasteiger partial charge in [0.05, 0.1) is 15.4 Å². The Morgan fingerprint density at radius 3 is 2.28 bits per heavy atom. The third-order valence-electron chi connectivity index (χ3n) is 3.56. The number of rotatable bonds is 2. The molecule has 4 nitrogen and oxygen atoms in total. The smallest absolute Gasteiger partial charge is 0.416 e. The Hall–Kier alpha value is -2.68. The molecule has 0 aliphatic rings. The number of sulfone groups is 1. The van der Waals surface area contributed by atoms with Crippen LogP contribution in [0.25, 0.3) is 10.9 Å². The summed E-state index contributed by atoms with van der Waals surface area (Å²) in [6, 6.07) is 6.18. The lowest BCUT2D eigenvalue weighted by Gasteiger charge is -2.11. The first-order valence-electron chi connectivity index (χ1n) is 6.81. The van der Waals surface area contributed by atoms with Gasteiger partial charge in [0.25, 0.3) is 0 Å². The molecule has 2 aromatic carbocycles. The minimum Gasteiger partial charge on any atom is -0.503 e. The van der Waals surface area contributed by atoms with Gasteiger partial charge in [0.15, 0.2) is 11.6 Å². The van der Waals surface area contributed by atoms with E-state index in [1.54, 1.807) is 0 Å². The molecule has 0 aliphatic heterocycles. The highest BCUT2D eigenvalue weighted by molar-refractivity contribution is 7.91. The second-order valence-electron chi connectivity index (χ2n) is 5.13. The zero-order chi connectivity index (χ0) is 18.4. The van der Waals surface area contributed by atoms with Crippen LogP contribution in [0, 0.1) is 5.82 Å². The van der Waals surface area contributed by atoms with Crippen molar-refractivity contribution in [3.63, 3.8) is 0 Å². The fourth-order valence-corrected chi connectivity index (χ4v) is 3.80. The van der Waals surface area contributed by atoms with Crippen LogP contribution in [-0.4, -0.2) is 18.5 Å². The second kappa shape index (κ2) is 5.69. The Morgan fingerprint density at radius 2 is 1.68 bits per heavy atom. The summed E-state index contributed by atoms with van der Waals surface area (Å²) in [4.78, 5) is 2.82. The first kappa shape index (κ1) is 17.2. The van der Waals surface area contributed by atoms with Crippen molar-refractivity contribution < 1.29 is 31.1 Å². The van der Waals surface area contributed by atoms with Gasteiger partial charge in [-0.2, -0.15) is 13.2 Å². The molecule has 0 spiro atoms. The summed E-state index contributed by atoms with van der Waals surface area (Å²) in [5, 5.41) is 9.65.